The number of carbonyl (C=O) groups is 2. The van der Waals surface area contributed by atoms with E-state index >= 15 is 0 Å². The third-order valence-electron chi connectivity index (χ3n) is 5.37. The van der Waals surface area contributed by atoms with E-state index in [-0.39, 0.29) is 11.8 Å². The van der Waals surface area contributed by atoms with Gasteiger partial charge < -0.3 is 16.0 Å². The highest BCUT2D eigenvalue weighted by molar-refractivity contribution is 6.00. The minimum absolute atomic E-state index is 0.221. The molecule has 0 saturated carbocycles. The number of benzene rings is 1. The zero-order chi connectivity index (χ0) is 21.8. The third-order valence-corrected chi connectivity index (χ3v) is 5.37. The number of aryl methyl sites for hydroxylation is 1. The fourth-order valence-electron chi connectivity index (χ4n) is 3.61. The average molecular weight is 416 g/mol. The Balaban J connectivity index is 1.93. The number of halogens is 1. The summed E-state index contributed by atoms with van der Waals surface area (Å²) in [5.41, 5.74) is 0.943. The van der Waals surface area contributed by atoms with Crippen LogP contribution < -0.4 is 16.0 Å². The zero-order valence-electron chi connectivity index (χ0n) is 18.1. The van der Waals surface area contributed by atoms with Crippen LogP contribution in [0.1, 0.15) is 44.6 Å². The Morgan fingerprint density at radius 3 is 2.67 bits per heavy atom. The lowest BCUT2D eigenvalue weighted by Crippen LogP contribution is -2.42. The van der Waals surface area contributed by atoms with Crippen LogP contribution in [-0.2, 0) is 16.0 Å². The molecule has 0 bridgehead atoms. The second-order valence-corrected chi connectivity index (χ2v) is 7.88. The number of alkyl halides is 1. The van der Waals surface area contributed by atoms with Gasteiger partial charge in [-0.1, -0.05) is 36.4 Å². The first kappa shape index (κ1) is 23.8. The van der Waals surface area contributed by atoms with Crippen LogP contribution >= 0.6 is 0 Å². The molecule has 1 aromatic rings. The van der Waals surface area contributed by atoms with E-state index in [1.165, 1.54) is 5.56 Å². The molecule has 3 N–H and O–H groups in total. The SMILES string of the molecule is CNC(=O)/C(C)=C/C(=C\CCc1ccccc1)C(=O)NCCCC1(F)CCCNC1. The summed E-state index contributed by atoms with van der Waals surface area (Å²) in [7, 11) is 1.56. The fourth-order valence-corrected chi connectivity index (χ4v) is 3.61. The van der Waals surface area contributed by atoms with Crippen molar-refractivity contribution in [1.82, 2.24) is 16.0 Å². The summed E-state index contributed by atoms with van der Waals surface area (Å²) < 4.78 is 14.6. The van der Waals surface area contributed by atoms with E-state index in [1.807, 2.05) is 36.4 Å². The first-order chi connectivity index (χ1) is 14.4. The van der Waals surface area contributed by atoms with Gasteiger partial charge in [-0.3, -0.25) is 9.59 Å². The zero-order valence-corrected chi connectivity index (χ0v) is 18.1. The highest BCUT2D eigenvalue weighted by atomic mass is 19.1. The van der Waals surface area contributed by atoms with Gasteiger partial charge in [-0.05, 0) is 63.6 Å². The monoisotopic (exact) mass is 415 g/mol. The van der Waals surface area contributed by atoms with Crippen molar-refractivity contribution < 1.29 is 14.0 Å². The molecule has 0 spiro atoms. The van der Waals surface area contributed by atoms with Crippen LogP contribution in [0.5, 0.6) is 0 Å². The molecule has 5 nitrogen and oxygen atoms in total. The molecular weight excluding hydrogens is 381 g/mol. The Morgan fingerprint density at radius 1 is 1.23 bits per heavy atom. The maximum atomic E-state index is 14.6. The van der Waals surface area contributed by atoms with Crippen LogP contribution in [0, 0.1) is 0 Å². The van der Waals surface area contributed by atoms with E-state index in [4.69, 9.17) is 0 Å². The van der Waals surface area contributed by atoms with Gasteiger partial charge in [0.25, 0.3) is 5.91 Å². The van der Waals surface area contributed by atoms with Crippen molar-refractivity contribution >= 4 is 11.8 Å². The number of likely N-dealkylation sites (N-methyl/N-ethyl adjacent to an activating group) is 1. The molecule has 1 unspecified atom stereocenters. The normalized spacial score (nSPS) is 20.0. The summed E-state index contributed by atoms with van der Waals surface area (Å²) in [6, 6.07) is 10.0. The number of nitrogens with one attached hydrogen (secondary N) is 3. The van der Waals surface area contributed by atoms with Gasteiger partial charge in [0.2, 0.25) is 5.91 Å². The van der Waals surface area contributed by atoms with Crippen LogP contribution in [0.15, 0.2) is 53.6 Å². The molecule has 1 aliphatic heterocycles. The Labute approximate surface area is 179 Å². The van der Waals surface area contributed by atoms with Crippen molar-refractivity contribution in [3.05, 3.63) is 59.2 Å². The first-order valence-electron chi connectivity index (χ1n) is 10.8. The van der Waals surface area contributed by atoms with E-state index in [2.05, 4.69) is 16.0 Å². The maximum absolute atomic E-state index is 14.6. The van der Waals surface area contributed by atoms with Crippen LogP contribution in [-0.4, -0.2) is 44.2 Å². The Kier molecular flexibility index (Phi) is 9.74. The molecule has 1 aliphatic rings. The van der Waals surface area contributed by atoms with Gasteiger partial charge in [-0.25, -0.2) is 4.39 Å². The number of allylic oxidation sites excluding steroid dienone is 1. The molecule has 164 valence electrons. The predicted molar refractivity (Wildman–Crippen MR) is 119 cm³/mol. The number of hydrogen-bond donors (Lipinski definition) is 3. The van der Waals surface area contributed by atoms with E-state index < -0.39 is 5.67 Å². The number of amides is 2. The largest absolute Gasteiger partial charge is 0.355 e. The Hall–Kier alpha value is -2.47. The Bertz CT molecular complexity index is 753. The average Bonchev–Trinajstić information content (AvgIpc) is 2.76. The minimum Gasteiger partial charge on any atom is -0.355 e. The summed E-state index contributed by atoms with van der Waals surface area (Å²) in [6.45, 7) is 3.35. The van der Waals surface area contributed by atoms with Crippen molar-refractivity contribution in [3.63, 3.8) is 0 Å². The smallest absolute Gasteiger partial charge is 0.250 e. The quantitative estimate of drug-likeness (QED) is 0.312. The van der Waals surface area contributed by atoms with Gasteiger partial charge in [-0.15, -0.1) is 0 Å². The summed E-state index contributed by atoms with van der Waals surface area (Å²) in [5, 5.41) is 8.55. The second kappa shape index (κ2) is 12.3. The molecule has 1 saturated heterocycles. The van der Waals surface area contributed by atoms with Gasteiger partial charge >= 0.3 is 0 Å². The summed E-state index contributed by atoms with van der Waals surface area (Å²) in [4.78, 5) is 24.6. The number of hydrogen-bond acceptors (Lipinski definition) is 3. The number of carbonyl (C=O) groups excluding carboxylic acids is 2. The Morgan fingerprint density at radius 2 is 2.00 bits per heavy atom. The van der Waals surface area contributed by atoms with Crippen molar-refractivity contribution in [2.45, 2.75) is 51.1 Å². The number of rotatable bonds is 10. The van der Waals surface area contributed by atoms with E-state index in [1.54, 1.807) is 20.0 Å². The molecule has 1 fully saturated rings. The van der Waals surface area contributed by atoms with E-state index in [0.29, 0.717) is 49.9 Å². The first-order valence-corrected chi connectivity index (χ1v) is 10.8. The lowest BCUT2D eigenvalue weighted by molar-refractivity contribution is -0.117. The molecule has 1 heterocycles. The summed E-state index contributed by atoms with van der Waals surface area (Å²) in [6.07, 6.45) is 7.40. The van der Waals surface area contributed by atoms with E-state index in [0.717, 1.165) is 19.4 Å². The van der Waals surface area contributed by atoms with Crippen LogP contribution in [0.4, 0.5) is 4.39 Å². The standard InChI is InChI=1S/C24H34FN3O2/c1-19(22(29)26-2)17-21(12-6-11-20-9-4-3-5-10-20)23(30)28-16-8-14-24(25)13-7-15-27-18-24/h3-5,9-10,12,17,27H,6-8,11,13-16,18H2,1-2H3,(H,26,29)(H,28,30)/b19-17+,21-12+. The molecular formula is C24H34FN3O2. The van der Waals surface area contributed by atoms with Gasteiger partial charge in [0.15, 0.2) is 0 Å². The second-order valence-electron chi connectivity index (χ2n) is 7.88. The van der Waals surface area contributed by atoms with Gasteiger partial charge in [0.05, 0.1) is 0 Å². The molecule has 30 heavy (non-hydrogen) atoms. The molecule has 1 aromatic carbocycles. The third kappa shape index (κ3) is 8.11. The van der Waals surface area contributed by atoms with Crippen LogP contribution in [0.2, 0.25) is 0 Å². The highest BCUT2D eigenvalue weighted by Gasteiger charge is 2.30. The van der Waals surface area contributed by atoms with E-state index in [9.17, 15) is 14.0 Å². The molecule has 6 heteroatoms. The topological polar surface area (TPSA) is 70.2 Å². The minimum atomic E-state index is -1.17. The van der Waals surface area contributed by atoms with Crippen molar-refractivity contribution in [3.8, 4) is 0 Å². The highest BCUT2D eigenvalue weighted by Crippen LogP contribution is 2.25. The molecule has 0 aromatic heterocycles. The summed E-state index contributed by atoms with van der Waals surface area (Å²) in [5.74, 6) is -0.457. The van der Waals surface area contributed by atoms with Crippen molar-refractivity contribution in [1.29, 1.82) is 0 Å². The lowest BCUT2D eigenvalue weighted by atomic mass is 9.91. The van der Waals surface area contributed by atoms with Gasteiger partial charge in [0, 0.05) is 31.3 Å². The van der Waals surface area contributed by atoms with Crippen molar-refractivity contribution in [2.75, 3.05) is 26.7 Å². The molecule has 0 aliphatic carbocycles. The lowest BCUT2D eigenvalue weighted by Gasteiger charge is -2.30. The molecule has 2 rings (SSSR count). The van der Waals surface area contributed by atoms with Crippen molar-refractivity contribution in [2.24, 2.45) is 0 Å². The maximum Gasteiger partial charge on any atom is 0.250 e. The van der Waals surface area contributed by atoms with Crippen LogP contribution in [0.25, 0.3) is 0 Å². The predicted octanol–water partition coefficient (Wildman–Crippen LogP) is 3.23. The van der Waals surface area contributed by atoms with Gasteiger partial charge in [0.1, 0.15) is 5.67 Å². The molecule has 1 atom stereocenters. The molecule has 2 amide bonds. The fraction of sp³-hybridized carbons (Fsp3) is 0.500. The van der Waals surface area contributed by atoms with Crippen LogP contribution in [0.3, 0.4) is 0 Å². The molecule has 0 radical (unpaired) electrons. The summed E-state index contributed by atoms with van der Waals surface area (Å²) >= 11 is 0. The van der Waals surface area contributed by atoms with Gasteiger partial charge in [-0.2, -0.15) is 0 Å². The number of piperidine rings is 1.